The molecule has 0 atom stereocenters. The third-order valence-electron chi connectivity index (χ3n) is 5.33. The van der Waals surface area contributed by atoms with E-state index in [1.807, 2.05) is 48.5 Å². The van der Waals surface area contributed by atoms with Crippen molar-refractivity contribution >= 4 is 43.9 Å². The summed E-state index contributed by atoms with van der Waals surface area (Å²) in [6, 6.07) is 20.8. The van der Waals surface area contributed by atoms with Crippen LogP contribution in [0.25, 0.3) is 16.5 Å². The van der Waals surface area contributed by atoms with Gasteiger partial charge in [0.15, 0.2) is 9.84 Å². The average molecular weight is 452 g/mol. The van der Waals surface area contributed by atoms with Gasteiger partial charge in [0.1, 0.15) is 5.82 Å². The van der Waals surface area contributed by atoms with Crippen molar-refractivity contribution in [1.29, 1.82) is 0 Å². The minimum absolute atomic E-state index is 0.137. The summed E-state index contributed by atoms with van der Waals surface area (Å²) in [4.78, 5) is 13.0. The predicted molar refractivity (Wildman–Crippen MR) is 121 cm³/mol. The zero-order valence-corrected chi connectivity index (χ0v) is 17.9. The van der Waals surface area contributed by atoms with Gasteiger partial charge < -0.3 is 5.32 Å². The summed E-state index contributed by atoms with van der Waals surface area (Å²) in [5.41, 5.74) is 2.54. The number of rotatable bonds is 4. The number of sulfone groups is 1. The van der Waals surface area contributed by atoms with Gasteiger partial charge >= 0.3 is 0 Å². The van der Waals surface area contributed by atoms with Crippen molar-refractivity contribution in [3.63, 3.8) is 0 Å². The summed E-state index contributed by atoms with van der Waals surface area (Å²) >= 11 is 6.13. The largest absolute Gasteiger partial charge is 0.310 e. The molecule has 156 valence electrons. The Labute approximate surface area is 184 Å². The van der Waals surface area contributed by atoms with Crippen LogP contribution in [0.4, 0.5) is 5.82 Å². The number of aromatic nitrogens is 2. The molecule has 1 amide bonds. The van der Waals surface area contributed by atoms with E-state index in [1.165, 1.54) is 0 Å². The molecule has 1 aliphatic heterocycles. The molecule has 1 aromatic heterocycles. The van der Waals surface area contributed by atoms with Gasteiger partial charge in [0.2, 0.25) is 5.91 Å². The lowest BCUT2D eigenvalue weighted by Crippen LogP contribution is -2.18. The predicted octanol–water partition coefficient (Wildman–Crippen LogP) is 4.29. The number of hydrogen-bond acceptors (Lipinski definition) is 4. The molecule has 0 saturated heterocycles. The van der Waals surface area contributed by atoms with Crippen LogP contribution in [0.1, 0.15) is 16.8 Å². The Balaban J connectivity index is 1.51. The van der Waals surface area contributed by atoms with Crippen molar-refractivity contribution in [3.05, 3.63) is 88.6 Å². The second-order valence-electron chi connectivity index (χ2n) is 7.56. The van der Waals surface area contributed by atoms with Gasteiger partial charge in [-0.15, -0.1) is 0 Å². The normalized spacial score (nSPS) is 14.5. The van der Waals surface area contributed by atoms with E-state index in [0.29, 0.717) is 27.8 Å². The van der Waals surface area contributed by atoms with Gasteiger partial charge in [-0.25, -0.2) is 13.1 Å². The molecule has 0 bridgehead atoms. The highest BCUT2D eigenvalue weighted by molar-refractivity contribution is 7.90. The zero-order chi connectivity index (χ0) is 21.6. The van der Waals surface area contributed by atoms with Crippen molar-refractivity contribution < 1.29 is 13.2 Å². The molecular formula is C23H18ClN3O3S. The molecule has 0 saturated carbocycles. The number of hydrogen-bond donors (Lipinski definition) is 1. The summed E-state index contributed by atoms with van der Waals surface area (Å²) < 4.78 is 25.8. The number of halogens is 1. The van der Waals surface area contributed by atoms with E-state index in [9.17, 15) is 13.2 Å². The van der Waals surface area contributed by atoms with Crippen LogP contribution in [0.15, 0.2) is 66.7 Å². The molecule has 0 spiro atoms. The van der Waals surface area contributed by atoms with Gasteiger partial charge in [0.25, 0.3) is 0 Å². The minimum atomic E-state index is -3.27. The molecular weight excluding hydrogens is 434 g/mol. The number of carbonyl (C=O) groups excluding carboxylic acids is 1. The Morgan fingerprint density at radius 1 is 1.03 bits per heavy atom. The Kier molecular flexibility index (Phi) is 4.79. The fraction of sp³-hybridized carbons (Fsp3) is 0.130. The first-order chi connectivity index (χ1) is 14.9. The van der Waals surface area contributed by atoms with Crippen molar-refractivity contribution in [1.82, 2.24) is 9.78 Å². The molecule has 0 aliphatic carbocycles. The van der Waals surface area contributed by atoms with Crippen molar-refractivity contribution in [3.8, 4) is 5.69 Å². The molecule has 0 unspecified atom stereocenters. The van der Waals surface area contributed by atoms with E-state index < -0.39 is 9.84 Å². The maximum atomic E-state index is 13.0. The van der Waals surface area contributed by atoms with E-state index in [0.717, 1.165) is 16.3 Å². The number of amides is 1. The van der Waals surface area contributed by atoms with Gasteiger partial charge in [0.05, 0.1) is 29.3 Å². The van der Waals surface area contributed by atoms with Gasteiger partial charge in [-0.1, -0.05) is 60.1 Å². The lowest BCUT2D eigenvalue weighted by Gasteiger charge is -2.12. The summed E-state index contributed by atoms with van der Waals surface area (Å²) in [6.07, 6.45) is 0.156. The standard InChI is InChI=1S/C23H18ClN3O3S/c24-17-8-4-9-18(12-17)27-23(20-13-31(29,30)14-21(20)26-27)25-22(28)11-16-7-3-6-15-5-1-2-10-19(15)16/h1-10,12H,11,13-14H2,(H,25,28). The minimum Gasteiger partial charge on any atom is -0.310 e. The summed E-state index contributed by atoms with van der Waals surface area (Å²) in [6.45, 7) is 0. The molecule has 0 radical (unpaired) electrons. The third kappa shape index (κ3) is 3.82. The Morgan fingerprint density at radius 3 is 2.65 bits per heavy atom. The van der Waals surface area contributed by atoms with Crippen LogP contribution >= 0.6 is 11.6 Å². The Morgan fingerprint density at radius 2 is 1.81 bits per heavy atom. The molecule has 0 fully saturated rings. The molecule has 3 aromatic carbocycles. The van der Waals surface area contributed by atoms with Crippen LogP contribution in [0.2, 0.25) is 5.02 Å². The van der Waals surface area contributed by atoms with E-state index in [2.05, 4.69) is 10.4 Å². The highest BCUT2D eigenvalue weighted by Gasteiger charge is 2.33. The monoisotopic (exact) mass is 451 g/mol. The Hall–Kier alpha value is -3.16. The zero-order valence-electron chi connectivity index (χ0n) is 16.4. The van der Waals surface area contributed by atoms with E-state index in [1.54, 1.807) is 22.9 Å². The van der Waals surface area contributed by atoms with Crippen LogP contribution in [-0.2, 0) is 32.6 Å². The number of fused-ring (bicyclic) bond motifs is 2. The molecule has 8 heteroatoms. The molecule has 1 aliphatic rings. The summed E-state index contributed by atoms with van der Waals surface area (Å²) in [5.74, 6) is -0.148. The van der Waals surface area contributed by atoms with E-state index in [-0.39, 0.29) is 23.8 Å². The second kappa shape index (κ2) is 7.51. The topological polar surface area (TPSA) is 81.1 Å². The van der Waals surface area contributed by atoms with Crippen LogP contribution in [0, 0.1) is 0 Å². The highest BCUT2D eigenvalue weighted by Crippen LogP contribution is 2.33. The van der Waals surface area contributed by atoms with Gasteiger partial charge in [0, 0.05) is 10.6 Å². The second-order valence-corrected chi connectivity index (χ2v) is 10.1. The lowest BCUT2D eigenvalue weighted by molar-refractivity contribution is -0.115. The lowest BCUT2D eigenvalue weighted by atomic mass is 10.0. The van der Waals surface area contributed by atoms with Crippen LogP contribution < -0.4 is 5.32 Å². The van der Waals surface area contributed by atoms with Crippen LogP contribution in [0.5, 0.6) is 0 Å². The first-order valence-corrected chi connectivity index (χ1v) is 11.9. The van der Waals surface area contributed by atoms with Crippen molar-refractivity contribution in [2.45, 2.75) is 17.9 Å². The number of nitrogens with one attached hydrogen (secondary N) is 1. The molecule has 4 aromatic rings. The Bertz CT molecular complexity index is 1440. The van der Waals surface area contributed by atoms with Gasteiger partial charge in [-0.2, -0.15) is 5.10 Å². The smallest absolute Gasteiger partial charge is 0.229 e. The van der Waals surface area contributed by atoms with Crippen molar-refractivity contribution in [2.75, 3.05) is 5.32 Å². The first kappa shape index (κ1) is 19.8. The van der Waals surface area contributed by atoms with Crippen LogP contribution in [-0.4, -0.2) is 24.1 Å². The maximum absolute atomic E-state index is 13.0. The number of benzene rings is 3. The molecule has 31 heavy (non-hydrogen) atoms. The summed E-state index contributed by atoms with van der Waals surface area (Å²) in [7, 11) is -3.27. The SMILES string of the molecule is O=C(Cc1cccc2ccccc12)Nc1c2c(nn1-c1cccc(Cl)c1)CS(=O)(=O)C2. The third-order valence-corrected chi connectivity index (χ3v) is 7.01. The first-order valence-electron chi connectivity index (χ1n) is 9.73. The number of nitrogens with zero attached hydrogens (tertiary/aromatic N) is 2. The fourth-order valence-electron chi connectivity index (χ4n) is 3.96. The molecule has 2 heterocycles. The van der Waals surface area contributed by atoms with Crippen LogP contribution in [0.3, 0.4) is 0 Å². The number of carbonyl (C=O) groups is 1. The average Bonchev–Trinajstić information content (AvgIpc) is 3.21. The van der Waals surface area contributed by atoms with Gasteiger partial charge in [-0.05, 0) is 34.5 Å². The number of anilines is 1. The molecule has 5 rings (SSSR count). The van der Waals surface area contributed by atoms with E-state index in [4.69, 9.17) is 11.6 Å². The van der Waals surface area contributed by atoms with Gasteiger partial charge in [-0.3, -0.25) is 4.79 Å². The van der Waals surface area contributed by atoms with E-state index >= 15 is 0 Å². The maximum Gasteiger partial charge on any atom is 0.229 e. The van der Waals surface area contributed by atoms with Crippen molar-refractivity contribution in [2.24, 2.45) is 0 Å². The fourth-order valence-corrected chi connectivity index (χ4v) is 5.64. The summed E-state index contributed by atoms with van der Waals surface area (Å²) in [5, 5.41) is 9.98. The molecule has 1 N–H and O–H groups in total. The quantitative estimate of drug-likeness (QED) is 0.502. The molecule has 6 nitrogen and oxygen atoms in total. The highest BCUT2D eigenvalue weighted by atomic mass is 35.5.